The molecule has 0 radical (unpaired) electrons. The van der Waals surface area contributed by atoms with Gasteiger partial charge in [-0.1, -0.05) is 57.3 Å². The fourth-order valence-corrected chi connectivity index (χ4v) is 2.84. The van der Waals surface area contributed by atoms with E-state index in [1.807, 2.05) is 0 Å². The third-order valence-electron chi connectivity index (χ3n) is 2.69. The molecule has 2 rings (SSSR count). The summed E-state index contributed by atoms with van der Waals surface area (Å²) in [6.45, 7) is 0. The van der Waals surface area contributed by atoms with Crippen LogP contribution in [0.1, 0.15) is 11.6 Å². The van der Waals surface area contributed by atoms with Crippen LogP contribution in [0.5, 0.6) is 0 Å². The van der Waals surface area contributed by atoms with Crippen LogP contribution in [0.4, 0.5) is 5.69 Å². The molecule has 1 unspecified atom stereocenters. The van der Waals surface area contributed by atoms with Gasteiger partial charge in [0.05, 0.1) is 10.7 Å². The van der Waals surface area contributed by atoms with E-state index in [4.69, 9.17) is 23.2 Å². The minimum absolute atomic E-state index is 0.462. The second-order valence-corrected chi connectivity index (χ2v) is 5.76. The third-order valence-corrected chi connectivity index (χ3v) is 3.95. The highest BCUT2D eigenvalue weighted by atomic mass is 79.9. The number of aliphatic carboxylic acids is 1. The lowest BCUT2D eigenvalue weighted by Crippen LogP contribution is -2.21. The molecule has 0 fully saturated rings. The van der Waals surface area contributed by atoms with Crippen molar-refractivity contribution in [3.05, 3.63) is 62.5 Å². The zero-order chi connectivity index (χ0) is 14.7. The van der Waals surface area contributed by atoms with Crippen molar-refractivity contribution in [1.29, 1.82) is 0 Å². The average Bonchev–Trinajstić information content (AvgIpc) is 2.38. The smallest absolute Gasteiger partial charge is 0.330 e. The first-order valence-corrected chi connectivity index (χ1v) is 7.23. The summed E-state index contributed by atoms with van der Waals surface area (Å²) in [5.74, 6) is -1.01. The number of hydrogen-bond donors (Lipinski definition) is 2. The van der Waals surface area contributed by atoms with Gasteiger partial charge >= 0.3 is 5.97 Å². The van der Waals surface area contributed by atoms with Gasteiger partial charge in [-0.15, -0.1) is 0 Å². The molecule has 2 aromatic carbocycles. The summed E-state index contributed by atoms with van der Waals surface area (Å²) in [5.41, 5.74) is 1.13. The van der Waals surface area contributed by atoms with Crippen LogP contribution in [0.2, 0.25) is 10.0 Å². The molecule has 0 aromatic heterocycles. The predicted molar refractivity (Wildman–Crippen MR) is 84.6 cm³/mol. The maximum absolute atomic E-state index is 11.5. The molecular formula is C14H10BrCl2NO2. The first-order valence-electron chi connectivity index (χ1n) is 5.68. The molecule has 3 nitrogen and oxygen atoms in total. The number of carbonyl (C=O) groups is 1. The van der Waals surface area contributed by atoms with Crippen LogP contribution in [0, 0.1) is 0 Å². The Hall–Kier alpha value is -1.23. The highest BCUT2D eigenvalue weighted by molar-refractivity contribution is 9.10. The minimum Gasteiger partial charge on any atom is -0.479 e. The van der Waals surface area contributed by atoms with Crippen molar-refractivity contribution in [3.63, 3.8) is 0 Å². The van der Waals surface area contributed by atoms with Gasteiger partial charge in [0.15, 0.2) is 6.04 Å². The molecule has 20 heavy (non-hydrogen) atoms. The lowest BCUT2D eigenvalue weighted by molar-refractivity contribution is -0.138. The van der Waals surface area contributed by atoms with Gasteiger partial charge in [0.25, 0.3) is 0 Å². The largest absolute Gasteiger partial charge is 0.479 e. The second-order valence-electron chi connectivity index (χ2n) is 4.06. The standard InChI is InChI=1S/C14H10BrCl2NO2/c15-10-7-8(16)5-6-9(10)13(14(19)20)18-12-4-2-1-3-11(12)17/h1-7,13,18H,(H,19,20). The number of nitrogens with one attached hydrogen (secondary N) is 1. The Kier molecular flexibility index (Phi) is 4.91. The Morgan fingerprint density at radius 2 is 1.90 bits per heavy atom. The summed E-state index contributed by atoms with van der Waals surface area (Å²) in [4.78, 5) is 11.5. The van der Waals surface area contributed by atoms with E-state index in [9.17, 15) is 9.90 Å². The van der Waals surface area contributed by atoms with E-state index in [0.717, 1.165) is 0 Å². The Morgan fingerprint density at radius 1 is 1.20 bits per heavy atom. The van der Waals surface area contributed by atoms with Crippen LogP contribution in [0.25, 0.3) is 0 Å². The molecule has 0 aliphatic carbocycles. The molecule has 2 N–H and O–H groups in total. The molecule has 1 atom stereocenters. The molecule has 0 amide bonds. The van der Waals surface area contributed by atoms with Crippen molar-refractivity contribution in [3.8, 4) is 0 Å². The van der Waals surface area contributed by atoms with E-state index >= 15 is 0 Å². The Balaban J connectivity index is 2.37. The van der Waals surface area contributed by atoms with E-state index in [1.54, 1.807) is 42.5 Å². The number of carboxylic acids is 1. The number of carboxylic acid groups (broad SMARTS) is 1. The van der Waals surface area contributed by atoms with Crippen LogP contribution in [0.15, 0.2) is 46.9 Å². The molecule has 0 heterocycles. The topological polar surface area (TPSA) is 49.3 Å². The van der Waals surface area contributed by atoms with Crippen LogP contribution in [0.3, 0.4) is 0 Å². The molecule has 0 saturated carbocycles. The maximum atomic E-state index is 11.5. The SMILES string of the molecule is O=C(O)C(Nc1ccccc1Cl)c1ccc(Cl)cc1Br. The Labute approximate surface area is 134 Å². The second kappa shape index (κ2) is 6.48. The van der Waals surface area contributed by atoms with Crippen molar-refractivity contribution in [2.75, 3.05) is 5.32 Å². The summed E-state index contributed by atoms with van der Waals surface area (Å²) in [5, 5.41) is 13.3. The van der Waals surface area contributed by atoms with Gasteiger partial charge in [0.1, 0.15) is 0 Å². The molecule has 2 aromatic rings. The van der Waals surface area contributed by atoms with Crippen LogP contribution >= 0.6 is 39.1 Å². The summed E-state index contributed by atoms with van der Waals surface area (Å²) < 4.78 is 0.622. The monoisotopic (exact) mass is 373 g/mol. The summed E-state index contributed by atoms with van der Waals surface area (Å²) in [6, 6.07) is 11.0. The highest BCUT2D eigenvalue weighted by Crippen LogP contribution is 2.31. The fourth-order valence-electron chi connectivity index (χ4n) is 1.74. The molecule has 0 aliphatic heterocycles. The first kappa shape index (κ1) is 15.2. The van der Waals surface area contributed by atoms with Gasteiger partial charge in [0, 0.05) is 9.50 Å². The third kappa shape index (κ3) is 3.45. The zero-order valence-electron chi connectivity index (χ0n) is 10.1. The normalized spacial score (nSPS) is 11.9. The Morgan fingerprint density at radius 3 is 2.50 bits per heavy atom. The quantitative estimate of drug-likeness (QED) is 0.792. The van der Waals surface area contributed by atoms with Gasteiger partial charge in [-0.25, -0.2) is 4.79 Å². The number of para-hydroxylation sites is 1. The van der Waals surface area contributed by atoms with Crippen molar-refractivity contribution < 1.29 is 9.90 Å². The molecule has 0 bridgehead atoms. The van der Waals surface area contributed by atoms with Gasteiger partial charge < -0.3 is 10.4 Å². The molecule has 104 valence electrons. The van der Waals surface area contributed by atoms with Crippen molar-refractivity contribution in [2.24, 2.45) is 0 Å². The summed E-state index contributed by atoms with van der Waals surface area (Å²) >= 11 is 15.2. The number of halogens is 3. The van der Waals surface area contributed by atoms with E-state index in [-0.39, 0.29) is 0 Å². The van der Waals surface area contributed by atoms with Gasteiger partial charge in [0.2, 0.25) is 0 Å². The van der Waals surface area contributed by atoms with Crippen molar-refractivity contribution >= 4 is 50.8 Å². The Bertz CT molecular complexity index is 649. The van der Waals surface area contributed by atoms with Crippen LogP contribution in [-0.2, 0) is 4.79 Å². The molecule has 0 saturated heterocycles. The summed E-state index contributed by atoms with van der Waals surface area (Å²) in [7, 11) is 0. The van der Waals surface area contributed by atoms with E-state index in [0.29, 0.717) is 25.8 Å². The van der Waals surface area contributed by atoms with Gasteiger partial charge in [-0.05, 0) is 29.8 Å². The van der Waals surface area contributed by atoms with E-state index in [2.05, 4.69) is 21.2 Å². The molecule has 6 heteroatoms. The van der Waals surface area contributed by atoms with Crippen LogP contribution in [-0.4, -0.2) is 11.1 Å². The maximum Gasteiger partial charge on any atom is 0.330 e. The molecular weight excluding hydrogens is 365 g/mol. The van der Waals surface area contributed by atoms with E-state index in [1.165, 1.54) is 0 Å². The lowest BCUT2D eigenvalue weighted by atomic mass is 10.1. The van der Waals surface area contributed by atoms with Crippen molar-refractivity contribution in [1.82, 2.24) is 0 Å². The number of benzene rings is 2. The zero-order valence-corrected chi connectivity index (χ0v) is 13.2. The number of rotatable bonds is 4. The number of anilines is 1. The molecule has 0 spiro atoms. The van der Waals surface area contributed by atoms with Gasteiger partial charge in [-0.2, -0.15) is 0 Å². The van der Waals surface area contributed by atoms with Gasteiger partial charge in [-0.3, -0.25) is 0 Å². The molecule has 0 aliphatic rings. The predicted octanol–water partition coefficient (Wildman–Crippen LogP) is 4.99. The van der Waals surface area contributed by atoms with E-state index < -0.39 is 12.0 Å². The fraction of sp³-hybridized carbons (Fsp3) is 0.0714. The van der Waals surface area contributed by atoms with Crippen LogP contribution < -0.4 is 5.32 Å². The minimum atomic E-state index is -1.01. The first-order chi connectivity index (χ1) is 9.49. The lowest BCUT2D eigenvalue weighted by Gasteiger charge is -2.18. The summed E-state index contributed by atoms with van der Waals surface area (Å²) in [6.07, 6.45) is 0. The van der Waals surface area contributed by atoms with Crippen molar-refractivity contribution in [2.45, 2.75) is 6.04 Å². The number of hydrogen-bond acceptors (Lipinski definition) is 2. The average molecular weight is 375 g/mol. The highest BCUT2D eigenvalue weighted by Gasteiger charge is 2.22.